The van der Waals surface area contributed by atoms with Crippen molar-refractivity contribution in [3.8, 4) is 0 Å². The average Bonchev–Trinajstić information content (AvgIpc) is 2.85. The fourth-order valence-electron chi connectivity index (χ4n) is 1.59. The van der Waals surface area contributed by atoms with Gasteiger partial charge in [-0.2, -0.15) is 22.5 Å². The summed E-state index contributed by atoms with van der Waals surface area (Å²) in [6.07, 6.45) is -4.14. The number of halogens is 3. The molecule has 2 rings (SSSR count). The van der Waals surface area contributed by atoms with E-state index in [1.165, 1.54) is 4.90 Å². The van der Waals surface area contributed by atoms with Crippen LogP contribution >= 0.6 is 11.5 Å². The molecule has 1 saturated heterocycles. The molecule has 0 bridgehead atoms. The summed E-state index contributed by atoms with van der Waals surface area (Å²) in [5.74, 6) is -2.66. The lowest BCUT2D eigenvalue weighted by Gasteiger charge is -2.12. The van der Waals surface area contributed by atoms with Crippen LogP contribution in [0.1, 0.15) is 12.2 Å². The number of carboxylic acid groups (broad SMARTS) is 1. The maximum atomic E-state index is 12.3. The third-order valence-electron chi connectivity index (χ3n) is 2.48. The molecule has 17 heavy (non-hydrogen) atoms. The Bertz CT molecular complexity index is 434. The summed E-state index contributed by atoms with van der Waals surface area (Å²) in [5.41, 5.74) is 0. The zero-order valence-electron chi connectivity index (χ0n) is 8.44. The van der Waals surface area contributed by atoms with Crippen molar-refractivity contribution < 1.29 is 23.1 Å². The Labute approximate surface area is 98.0 Å². The first kappa shape index (κ1) is 12.1. The van der Waals surface area contributed by atoms with E-state index in [0.717, 1.165) is 0 Å². The van der Waals surface area contributed by atoms with E-state index < -0.39 is 23.9 Å². The Morgan fingerprint density at radius 3 is 2.71 bits per heavy atom. The molecule has 0 spiro atoms. The van der Waals surface area contributed by atoms with Crippen LogP contribution in [0.15, 0.2) is 0 Å². The Balaban J connectivity index is 2.10. The van der Waals surface area contributed by atoms with Gasteiger partial charge in [-0.15, -0.1) is 0 Å². The molecule has 0 aliphatic carbocycles. The Morgan fingerprint density at radius 2 is 2.24 bits per heavy atom. The maximum absolute atomic E-state index is 12.3. The highest BCUT2D eigenvalue weighted by molar-refractivity contribution is 7.09. The van der Waals surface area contributed by atoms with Crippen LogP contribution in [0.4, 0.5) is 18.3 Å². The van der Waals surface area contributed by atoms with Crippen molar-refractivity contribution in [1.82, 2.24) is 9.36 Å². The van der Waals surface area contributed by atoms with E-state index >= 15 is 0 Å². The number of alkyl halides is 3. The summed E-state index contributed by atoms with van der Waals surface area (Å²) in [6, 6.07) is 0. The van der Waals surface area contributed by atoms with Crippen molar-refractivity contribution >= 4 is 22.6 Å². The van der Waals surface area contributed by atoms with E-state index in [4.69, 9.17) is 5.11 Å². The fourth-order valence-corrected chi connectivity index (χ4v) is 2.32. The second-order valence-corrected chi connectivity index (χ2v) is 4.40. The molecule has 1 atom stereocenters. The van der Waals surface area contributed by atoms with Gasteiger partial charge < -0.3 is 10.0 Å². The van der Waals surface area contributed by atoms with Gasteiger partial charge in [-0.25, -0.2) is 0 Å². The highest BCUT2D eigenvalue weighted by Gasteiger charge is 2.37. The highest BCUT2D eigenvalue weighted by atomic mass is 32.1. The average molecular weight is 267 g/mol. The van der Waals surface area contributed by atoms with Crippen molar-refractivity contribution in [1.29, 1.82) is 0 Å². The second-order valence-electron chi connectivity index (χ2n) is 3.67. The van der Waals surface area contributed by atoms with Gasteiger partial charge in [0, 0.05) is 24.6 Å². The number of rotatable bonds is 2. The van der Waals surface area contributed by atoms with Crippen LogP contribution in [0.25, 0.3) is 0 Å². The molecule has 9 heteroatoms. The number of carbonyl (C=O) groups is 1. The third kappa shape index (κ3) is 2.48. The van der Waals surface area contributed by atoms with Gasteiger partial charge in [-0.3, -0.25) is 4.79 Å². The second kappa shape index (κ2) is 4.13. The molecule has 0 radical (unpaired) electrons. The molecular formula is C8H8F3N3O2S. The molecule has 1 fully saturated rings. The van der Waals surface area contributed by atoms with Crippen LogP contribution in [0.3, 0.4) is 0 Å². The topological polar surface area (TPSA) is 66.3 Å². The molecule has 1 aromatic rings. The molecule has 0 saturated carbocycles. The standard InChI is InChI=1S/C8H8F3N3O2S/c9-8(10,11)6-12-7(17-13-6)14-2-1-4(3-14)5(15)16/h4H,1-3H2,(H,15,16). The number of aliphatic carboxylic acids is 1. The molecule has 1 aromatic heterocycles. The molecule has 0 amide bonds. The van der Waals surface area contributed by atoms with Gasteiger partial charge in [0.1, 0.15) is 0 Å². The van der Waals surface area contributed by atoms with Crippen LogP contribution in [0, 0.1) is 5.92 Å². The lowest BCUT2D eigenvalue weighted by Crippen LogP contribution is -2.22. The summed E-state index contributed by atoms with van der Waals surface area (Å²) < 4.78 is 40.0. The van der Waals surface area contributed by atoms with Crippen LogP contribution < -0.4 is 4.90 Å². The van der Waals surface area contributed by atoms with Gasteiger partial charge in [0.05, 0.1) is 5.92 Å². The van der Waals surface area contributed by atoms with E-state index in [-0.39, 0.29) is 11.7 Å². The molecule has 5 nitrogen and oxygen atoms in total. The largest absolute Gasteiger partial charge is 0.481 e. The number of hydrogen-bond donors (Lipinski definition) is 1. The molecular weight excluding hydrogens is 259 g/mol. The van der Waals surface area contributed by atoms with E-state index in [9.17, 15) is 18.0 Å². The lowest BCUT2D eigenvalue weighted by molar-refractivity contribution is -0.144. The molecule has 94 valence electrons. The summed E-state index contributed by atoms with van der Waals surface area (Å²) >= 11 is 0.639. The van der Waals surface area contributed by atoms with Gasteiger partial charge in [-0.1, -0.05) is 0 Å². The number of hydrogen-bond acceptors (Lipinski definition) is 5. The SMILES string of the molecule is O=C(O)C1CCN(c2nc(C(F)(F)F)ns2)C1. The molecule has 1 aliphatic heterocycles. The molecule has 1 N–H and O–H groups in total. The zero-order chi connectivity index (χ0) is 12.6. The smallest absolute Gasteiger partial charge is 0.452 e. The number of aromatic nitrogens is 2. The van der Waals surface area contributed by atoms with Crippen molar-refractivity contribution in [3.63, 3.8) is 0 Å². The van der Waals surface area contributed by atoms with Crippen LogP contribution in [0.5, 0.6) is 0 Å². The van der Waals surface area contributed by atoms with Crippen molar-refractivity contribution in [2.24, 2.45) is 5.92 Å². The summed E-state index contributed by atoms with van der Waals surface area (Å²) in [5, 5.41) is 8.90. The highest BCUT2D eigenvalue weighted by Crippen LogP contribution is 2.32. The van der Waals surface area contributed by atoms with E-state index in [1.54, 1.807) is 0 Å². The first-order chi connectivity index (χ1) is 7.88. The zero-order valence-corrected chi connectivity index (χ0v) is 9.25. The van der Waals surface area contributed by atoms with Crippen LogP contribution in [-0.2, 0) is 11.0 Å². The Morgan fingerprint density at radius 1 is 1.53 bits per heavy atom. The Kier molecular flexibility index (Phi) is 2.94. The van der Waals surface area contributed by atoms with Gasteiger partial charge in [0.15, 0.2) is 0 Å². The van der Waals surface area contributed by atoms with Gasteiger partial charge >= 0.3 is 12.1 Å². The Hall–Kier alpha value is -1.38. The van der Waals surface area contributed by atoms with Crippen molar-refractivity contribution in [2.75, 3.05) is 18.0 Å². The first-order valence-electron chi connectivity index (χ1n) is 4.76. The van der Waals surface area contributed by atoms with Gasteiger partial charge in [-0.05, 0) is 6.42 Å². The maximum Gasteiger partial charge on any atom is 0.452 e. The number of carboxylic acids is 1. The van der Waals surface area contributed by atoms with E-state index in [0.29, 0.717) is 24.5 Å². The van der Waals surface area contributed by atoms with Crippen molar-refractivity contribution in [3.05, 3.63) is 5.82 Å². The minimum atomic E-state index is -4.55. The fraction of sp³-hybridized carbons (Fsp3) is 0.625. The number of nitrogens with zero attached hydrogens (tertiary/aromatic N) is 3. The van der Waals surface area contributed by atoms with Crippen molar-refractivity contribution in [2.45, 2.75) is 12.6 Å². The summed E-state index contributed by atoms with van der Waals surface area (Å²) in [7, 11) is 0. The lowest BCUT2D eigenvalue weighted by atomic mass is 10.1. The minimum absolute atomic E-state index is 0.126. The predicted octanol–water partition coefficient (Wildman–Crippen LogP) is 1.47. The first-order valence-corrected chi connectivity index (χ1v) is 5.54. The molecule has 1 aliphatic rings. The minimum Gasteiger partial charge on any atom is -0.481 e. The molecule has 2 heterocycles. The van der Waals surface area contributed by atoms with Gasteiger partial charge in [0.2, 0.25) is 11.0 Å². The number of anilines is 1. The molecule has 1 unspecified atom stereocenters. The monoisotopic (exact) mass is 267 g/mol. The van der Waals surface area contributed by atoms with Crippen LogP contribution in [0.2, 0.25) is 0 Å². The predicted molar refractivity (Wildman–Crippen MR) is 52.9 cm³/mol. The summed E-state index contributed by atoms with van der Waals surface area (Å²) in [6.45, 7) is 0.575. The van der Waals surface area contributed by atoms with E-state index in [2.05, 4.69) is 9.36 Å². The summed E-state index contributed by atoms with van der Waals surface area (Å²) in [4.78, 5) is 15.6. The van der Waals surface area contributed by atoms with E-state index in [1.807, 2.05) is 0 Å². The third-order valence-corrected chi connectivity index (χ3v) is 3.25. The normalized spacial score (nSPS) is 20.9. The molecule has 0 aromatic carbocycles. The van der Waals surface area contributed by atoms with Crippen LogP contribution in [-0.4, -0.2) is 33.5 Å². The van der Waals surface area contributed by atoms with Gasteiger partial charge in [0.25, 0.3) is 0 Å². The quantitative estimate of drug-likeness (QED) is 0.878.